The lowest BCUT2D eigenvalue weighted by Crippen LogP contribution is -2.53. The van der Waals surface area contributed by atoms with Crippen LogP contribution in [0.25, 0.3) is 0 Å². The zero-order valence-corrected chi connectivity index (χ0v) is 13.5. The smallest absolute Gasteiger partial charge is 0.0721 e. The molecule has 4 rings (SSSR count). The van der Waals surface area contributed by atoms with Crippen molar-refractivity contribution in [3.63, 3.8) is 0 Å². The predicted octanol–water partition coefficient (Wildman–Crippen LogP) is 2.95. The molecular weight excluding hydrogens is 272 g/mol. The highest BCUT2D eigenvalue weighted by atomic mass is 16.5. The van der Waals surface area contributed by atoms with Crippen LogP contribution in [0.2, 0.25) is 0 Å². The molecule has 1 aromatic carbocycles. The van der Waals surface area contributed by atoms with Crippen molar-refractivity contribution >= 4 is 0 Å². The Morgan fingerprint density at radius 1 is 1.05 bits per heavy atom. The lowest BCUT2D eigenvalue weighted by molar-refractivity contribution is -0.122. The van der Waals surface area contributed by atoms with Gasteiger partial charge in [0.15, 0.2) is 0 Å². The highest BCUT2D eigenvalue weighted by Gasteiger charge is 2.43. The van der Waals surface area contributed by atoms with Gasteiger partial charge in [0, 0.05) is 25.2 Å². The Balaban J connectivity index is 1.47. The number of rotatable bonds is 4. The molecule has 3 aliphatic rings. The number of hydrogen-bond acceptors (Lipinski definition) is 3. The summed E-state index contributed by atoms with van der Waals surface area (Å²) < 4.78 is 6.27. The quantitative estimate of drug-likeness (QED) is 0.925. The van der Waals surface area contributed by atoms with Gasteiger partial charge in [-0.3, -0.25) is 4.90 Å². The standard InChI is InChI=1S/C19H28N2O/c1-2-4-16(5-3-1)15-21(17-6-7-17)18-8-13-22-19(14-18)9-11-20-12-10-19/h1-5,17-18,20H,6-15H2. The van der Waals surface area contributed by atoms with Gasteiger partial charge in [0.25, 0.3) is 0 Å². The van der Waals surface area contributed by atoms with E-state index in [9.17, 15) is 0 Å². The molecule has 3 nitrogen and oxygen atoms in total. The zero-order valence-electron chi connectivity index (χ0n) is 13.5. The minimum Gasteiger partial charge on any atom is -0.375 e. The Bertz CT molecular complexity index is 474. The topological polar surface area (TPSA) is 24.5 Å². The van der Waals surface area contributed by atoms with Crippen LogP contribution in [-0.4, -0.2) is 42.3 Å². The van der Waals surface area contributed by atoms with E-state index in [1.807, 2.05) is 0 Å². The third-order valence-corrected chi connectivity index (χ3v) is 5.67. The summed E-state index contributed by atoms with van der Waals surface area (Å²) in [5.74, 6) is 0. The third kappa shape index (κ3) is 3.22. The van der Waals surface area contributed by atoms with Crippen LogP contribution in [-0.2, 0) is 11.3 Å². The molecule has 1 saturated carbocycles. The number of piperidine rings is 1. The average Bonchev–Trinajstić information content (AvgIpc) is 3.39. The Kier molecular flexibility index (Phi) is 4.21. The molecule has 0 bridgehead atoms. The molecule has 3 heteroatoms. The lowest BCUT2D eigenvalue weighted by Gasteiger charge is -2.47. The van der Waals surface area contributed by atoms with Crippen molar-refractivity contribution in [3.05, 3.63) is 35.9 Å². The van der Waals surface area contributed by atoms with Gasteiger partial charge in [0.2, 0.25) is 0 Å². The predicted molar refractivity (Wildman–Crippen MR) is 88.8 cm³/mol. The summed E-state index contributed by atoms with van der Waals surface area (Å²) in [6, 6.07) is 12.5. The summed E-state index contributed by atoms with van der Waals surface area (Å²) in [7, 11) is 0. The van der Waals surface area contributed by atoms with E-state index in [0.29, 0.717) is 6.04 Å². The second-order valence-corrected chi connectivity index (χ2v) is 7.32. The van der Waals surface area contributed by atoms with Crippen LogP contribution in [0.4, 0.5) is 0 Å². The molecular formula is C19H28N2O. The molecule has 0 radical (unpaired) electrons. The molecule has 22 heavy (non-hydrogen) atoms. The second kappa shape index (κ2) is 6.31. The fourth-order valence-corrected chi connectivity index (χ4v) is 4.27. The molecule has 0 amide bonds. The highest BCUT2D eigenvalue weighted by molar-refractivity contribution is 5.15. The van der Waals surface area contributed by atoms with Gasteiger partial charge in [-0.1, -0.05) is 30.3 Å². The van der Waals surface area contributed by atoms with Gasteiger partial charge in [-0.15, -0.1) is 0 Å². The molecule has 1 atom stereocenters. The van der Waals surface area contributed by atoms with Crippen LogP contribution in [0.15, 0.2) is 30.3 Å². The van der Waals surface area contributed by atoms with Crippen LogP contribution in [0.3, 0.4) is 0 Å². The molecule has 0 aromatic heterocycles. The average molecular weight is 300 g/mol. The summed E-state index contributed by atoms with van der Waals surface area (Å²) >= 11 is 0. The normalized spacial score (nSPS) is 28.1. The molecule has 2 heterocycles. The van der Waals surface area contributed by atoms with Crippen LogP contribution in [0, 0.1) is 0 Å². The first-order valence-electron chi connectivity index (χ1n) is 8.99. The number of benzene rings is 1. The van der Waals surface area contributed by atoms with Crippen molar-refractivity contribution in [2.24, 2.45) is 0 Å². The first-order chi connectivity index (χ1) is 10.8. The Labute approximate surface area is 134 Å². The summed E-state index contributed by atoms with van der Waals surface area (Å²) in [6.07, 6.45) is 7.59. The van der Waals surface area contributed by atoms with Crippen LogP contribution in [0.5, 0.6) is 0 Å². The molecule has 1 spiro atoms. The Morgan fingerprint density at radius 3 is 2.55 bits per heavy atom. The Morgan fingerprint density at radius 2 is 1.82 bits per heavy atom. The minimum absolute atomic E-state index is 0.165. The van der Waals surface area contributed by atoms with Crippen molar-refractivity contribution in [2.75, 3.05) is 19.7 Å². The summed E-state index contributed by atoms with van der Waals surface area (Å²) in [5, 5.41) is 3.48. The number of hydrogen-bond donors (Lipinski definition) is 1. The summed E-state index contributed by atoms with van der Waals surface area (Å²) in [6.45, 7) is 4.30. The number of nitrogens with zero attached hydrogens (tertiary/aromatic N) is 1. The monoisotopic (exact) mass is 300 g/mol. The van der Waals surface area contributed by atoms with Gasteiger partial charge in [-0.25, -0.2) is 0 Å². The molecule has 120 valence electrons. The minimum atomic E-state index is 0.165. The zero-order chi connectivity index (χ0) is 14.8. The maximum atomic E-state index is 6.27. The third-order valence-electron chi connectivity index (χ3n) is 5.67. The van der Waals surface area contributed by atoms with E-state index >= 15 is 0 Å². The maximum Gasteiger partial charge on any atom is 0.0721 e. The molecule has 1 aliphatic carbocycles. The van der Waals surface area contributed by atoms with E-state index < -0.39 is 0 Å². The first-order valence-corrected chi connectivity index (χ1v) is 8.99. The van der Waals surface area contributed by atoms with Gasteiger partial charge in [0.05, 0.1) is 5.60 Å². The van der Waals surface area contributed by atoms with Gasteiger partial charge in [-0.05, 0) is 57.2 Å². The SMILES string of the molecule is c1ccc(CN(C2CC2)C2CCOC3(CCNCC3)C2)cc1. The maximum absolute atomic E-state index is 6.27. The van der Waals surface area contributed by atoms with E-state index in [0.717, 1.165) is 32.3 Å². The molecule has 3 fully saturated rings. The van der Waals surface area contributed by atoms with Crippen molar-refractivity contribution < 1.29 is 4.74 Å². The molecule has 2 saturated heterocycles. The van der Waals surface area contributed by atoms with E-state index in [4.69, 9.17) is 4.74 Å². The number of ether oxygens (including phenoxy) is 1. The molecule has 1 unspecified atom stereocenters. The van der Waals surface area contributed by atoms with E-state index in [1.54, 1.807) is 0 Å². The molecule has 1 N–H and O–H groups in total. The van der Waals surface area contributed by atoms with Gasteiger partial charge in [0.1, 0.15) is 0 Å². The summed E-state index contributed by atoms with van der Waals surface area (Å²) in [5.41, 5.74) is 1.62. The van der Waals surface area contributed by atoms with Crippen LogP contribution >= 0.6 is 0 Å². The van der Waals surface area contributed by atoms with Gasteiger partial charge in [-0.2, -0.15) is 0 Å². The van der Waals surface area contributed by atoms with E-state index in [2.05, 4.69) is 40.5 Å². The summed E-state index contributed by atoms with van der Waals surface area (Å²) in [4.78, 5) is 2.79. The lowest BCUT2D eigenvalue weighted by atomic mass is 9.82. The second-order valence-electron chi connectivity index (χ2n) is 7.32. The van der Waals surface area contributed by atoms with Gasteiger partial charge < -0.3 is 10.1 Å². The van der Waals surface area contributed by atoms with Crippen LogP contribution in [0.1, 0.15) is 44.1 Å². The number of nitrogens with one attached hydrogen (secondary N) is 1. The van der Waals surface area contributed by atoms with Crippen molar-refractivity contribution in [2.45, 2.75) is 62.8 Å². The largest absolute Gasteiger partial charge is 0.375 e. The van der Waals surface area contributed by atoms with Gasteiger partial charge >= 0.3 is 0 Å². The first kappa shape index (κ1) is 14.7. The fourth-order valence-electron chi connectivity index (χ4n) is 4.27. The van der Waals surface area contributed by atoms with Crippen LogP contribution < -0.4 is 5.32 Å². The Hall–Kier alpha value is -0.900. The highest BCUT2D eigenvalue weighted by Crippen LogP contribution is 2.39. The fraction of sp³-hybridized carbons (Fsp3) is 0.684. The van der Waals surface area contributed by atoms with E-state index in [1.165, 1.54) is 44.1 Å². The molecule has 2 aliphatic heterocycles. The van der Waals surface area contributed by atoms with Crippen molar-refractivity contribution in [3.8, 4) is 0 Å². The van der Waals surface area contributed by atoms with E-state index in [-0.39, 0.29) is 5.60 Å². The van der Waals surface area contributed by atoms with Crippen molar-refractivity contribution in [1.29, 1.82) is 0 Å². The van der Waals surface area contributed by atoms with Crippen molar-refractivity contribution in [1.82, 2.24) is 10.2 Å². The molecule has 1 aromatic rings.